The third-order valence-electron chi connectivity index (χ3n) is 8.84. The van der Waals surface area contributed by atoms with Crippen molar-refractivity contribution in [1.82, 2.24) is 0 Å². The second kappa shape index (κ2) is 12.5. The van der Waals surface area contributed by atoms with E-state index < -0.39 is 0 Å². The first-order valence-electron chi connectivity index (χ1n) is 16.0. The van der Waals surface area contributed by atoms with Gasteiger partial charge in [0.25, 0.3) is 0 Å². The van der Waals surface area contributed by atoms with Crippen LogP contribution in [0.2, 0.25) is 0 Å². The van der Waals surface area contributed by atoms with Crippen LogP contribution in [-0.2, 0) is 12.8 Å². The monoisotopic (exact) mass is 532 g/mol. The zero-order valence-electron chi connectivity index (χ0n) is 24.5. The minimum Gasteiger partial charge on any atom is -0.455 e. The third-order valence-corrected chi connectivity index (χ3v) is 8.84. The van der Waals surface area contributed by atoms with Gasteiger partial charge in [-0.2, -0.15) is 0 Å². The Morgan fingerprint density at radius 2 is 0.750 bits per heavy atom. The molecular weight excluding hydrogens is 488 g/mol. The van der Waals surface area contributed by atoms with Crippen LogP contribution in [0.4, 0.5) is 0 Å². The molecule has 2 nitrogen and oxygen atoms in total. The summed E-state index contributed by atoms with van der Waals surface area (Å²) < 4.78 is 13.1. The summed E-state index contributed by atoms with van der Waals surface area (Å²) in [6.07, 6.45) is 18.2. The summed E-state index contributed by atoms with van der Waals surface area (Å²) in [5.74, 6) is 0. The lowest BCUT2D eigenvalue weighted by atomic mass is 10.0. The van der Waals surface area contributed by atoms with E-state index in [-0.39, 0.29) is 0 Å². The van der Waals surface area contributed by atoms with E-state index in [0.717, 1.165) is 45.9 Å². The average molecular weight is 533 g/mol. The predicted molar refractivity (Wildman–Crippen MR) is 173 cm³/mol. The minimum atomic E-state index is 0.968. The van der Waals surface area contributed by atoms with Crippen molar-refractivity contribution >= 4 is 54.6 Å². The second-order valence-electron chi connectivity index (χ2n) is 11.9. The molecule has 0 aliphatic rings. The van der Waals surface area contributed by atoms with Gasteiger partial charge in [-0.1, -0.05) is 102 Å². The number of furan rings is 2. The highest BCUT2D eigenvalue weighted by Gasteiger charge is 2.16. The maximum atomic E-state index is 6.55. The van der Waals surface area contributed by atoms with Crippen molar-refractivity contribution in [3.05, 3.63) is 71.8 Å². The summed E-state index contributed by atoms with van der Waals surface area (Å²) >= 11 is 0. The van der Waals surface area contributed by atoms with Crippen molar-refractivity contribution in [1.29, 1.82) is 0 Å². The number of hydrogen-bond acceptors (Lipinski definition) is 2. The molecule has 6 aromatic rings. The molecule has 0 N–H and O–H groups in total. The molecule has 0 fully saturated rings. The van der Waals surface area contributed by atoms with Gasteiger partial charge in [0.15, 0.2) is 0 Å². The predicted octanol–water partition coefficient (Wildman–Crippen LogP) is 12.4. The maximum Gasteiger partial charge on any atom is 0.143 e. The highest BCUT2D eigenvalue weighted by Crippen LogP contribution is 2.40. The van der Waals surface area contributed by atoms with E-state index in [2.05, 4.69) is 74.5 Å². The fourth-order valence-electron chi connectivity index (χ4n) is 6.49. The number of unbranched alkanes of at least 4 members (excludes halogenated alkanes) is 10. The molecule has 0 aliphatic heterocycles. The minimum absolute atomic E-state index is 0.968. The van der Waals surface area contributed by atoms with E-state index in [9.17, 15) is 0 Å². The molecule has 6 rings (SSSR count). The van der Waals surface area contributed by atoms with E-state index in [0.29, 0.717) is 0 Å². The van der Waals surface area contributed by atoms with Gasteiger partial charge in [0.05, 0.1) is 0 Å². The Morgan fingerprint density at radius 1 is 0.400 bits per heavy atom. The van der Waals surface area contributed by atoms with Crippen molar-refractivity contribution in [2.75, 3.05) is 0 Å². The Labute approximate surface area is 238 Å². The van der Waals surface area contributed by atoms with Gasteiger partial charge < -0.3 is 8.83 Å². The molecule has 208 valence electrons. The first-order valence-corrected chi connectivity index (χ1v) is 16.0. The number of hydrogen-bond donors (Lipinski definition) is 0. The van der Waals surface area contributed by atoms with Crippen LogP contribution in [-0.4, -0.2) is 0 Å². The highest BCUT2D eigenvalue weighted by atomic mass is 16.3. The van der Waals surface area contributed by atoms with Gasteiger partial charge >= 0.3 is 0 Å². The first-order chi connectivity index (χ1) is 19.8. The Bertz CT molecular complexity index is 1600. The molecule has 2 heteroatoms. The summed E-state index contributed by atoms with van der Waals surface area (Å²) in [5, 5.41) is 7.03. The van der Waals surface area contributed by atoms with Crippen LogP contribution in [0.3, 0.4) is 0 Å². The van der Waals surface area contributed by atoms with Gasteiger partial charge in [0.2, 0.25) is 0 Å². The standard InChI is InChI=1S/C38H44O2/c1-3-5-7-9-11-13-15-27-17-19-29-31-21-23-34-33(37(31)39-35(29)25-27)24-22-32-30-20-18-28(26-36(30)40-38(32)34)16-14-12-10-8-6-4-2/h17-26H,3-16H2,1-2H3. The Hall–Kier alpha value is -3.26. The average Bonchev–Trinajstić information content (AvgIpc) is 3.54. The Kier molecular flexibility index (Phi) is 8.42. The lowest BCUT2D eigenvalue weighted by molar-refractivity contribution is 0.607. The summed E-state index contributed by atoms with van der Waals surface area (Å²) in [6, 6.07) is 22.5. The molecule has 0 atom stereocenters. The zero-order valence-corrected chi connectivity index (χ0v) is 24.5. The van der Waals surface area contributed by atoms with Gasteiger partial charge in [0.1, 0.15) is 22.3 Å². The van der Waals surface area contributed by atoms with E-state index in [1.54, 1.807) is 0 Å². The number of rotatable bonds is 14. The molecule has 0 bridgehead atoms. The topological polar surface area (TPSA) is 26.3 Å². The molecular formula is C38H44O2. The lowest BCUT2D eigenvalue weighted by Crippen LogP contribution is -1.86. The van der Waals surface area contributed by atoms with Crippen LogP contribution < -0.4 is 0 Å². The van der Waals surface area contributed by atoms with E-state index in [4.69, 9.17) is 8.83 Å². The molecule has 2 aromatic heterocycles. The number of fused-ring (bicyclic) bond motifs is 9. The van der Waals surface area contributed by atoms with Crippen LogP contribution in [0, 0.1) is 0 Å². The Morgan fingerprint density at radius 3 is 1.18 bits per heavy atom. The second-order valence-corrected chi connectivity index (χ2v) is 11.9. The summed E-state index contributed by atoms with van der Waals surface area (Å²) in [4.78, 5) is 0. The molecule has 40 heavy (non-hydrogen) atoms. The van der Waals surface area contributed by atoms with Crippen LogP contribution in [0.25, 0.3) is 54.6 Å². The largest absolute Gasteiger partial charge is 0.455 e. The SMILES string of the molecule is CCCCCCCCc1ccc2c(c1)oc1c2ccc2c1ccc1c3ccc(CCCCCCCC)cc3oc12. The number of aryl methyl sites for hydroxylation is 2. The number of benzene rings is 4. The van der Waals surface area contributed by atoms with Gasteiger partial charge in [-0.15, -0.1) is 0 Å². The smallest absolute Gasteiger partial charge is 0.143 e. The van der Waals surface area contributed by atoms with Gasteiger partial charge in [0, 0.05) is 32.3 Å². The summed E-state index contributed by atoms with van der Waals surface area (Å²) in [6.45, 7) is 4.55. The van der Waals surface area contributed by atoms with Gasteiger partial charge in [-0.05, 0) is 73.2 Å². The van der Waals surface area contributed by atoms with Crippen molar-refractivity contribution in [3.63, 3.8) is 0 Å². The Balaban J connectivity index is 1.26. The molecule has 0 unspecified atom stereocenters. The molecule has 0 saturated heterocycles. The first kappa shape index (κ1) is 26.9. The van der Waals surface area contributed by atoms with Crippen LogP contribution in [0.15, 0.2) is 69.5 Å². The summed E-state index contributed by atoms with van der Waals surface area (Å²) in [5.41, 5.74) is 6.68. The van der Waals surface area contributed by atoms with E-state index >= 15 is 0 Å². The van der Waals surface area contributed by atoms with Gasteiger partial charge in [-0.3, -0.25) is 0 Å². The van der Waals surface area contributed by atoms with Crippen LogP contribution in [0.1, 0.15) is 102 Å². The molecule has 0 aliphatic carbocycles. The maximum absolute atomic E-state index is 6.55. The van der Waals surface area contributed by atoms with E-state index in [1.807, 2.05) is 0 Å². The zero-order chi connectivity index (χ0) is 27.3. The molecule has 0 saturated carbocycles. The molecule has 0 spiro atoms. The quantitative estimate of drug-likeness (QED) is 0.130. The molecule has 0 amide bonds. The third kappa shape index (κ3) is 5.51. The van der Waals surface area contributed by atoms with Crippen LogP contribution >= 0.6 is 0 Å². The normalized spacial score (nSPS) is 12.2. The highest BCUT2D eigenvalue weighted by molar-refractivity contribution is 6.22. The molecule has 0 radical (unpaired) electrons. The lowest BCUT2D eigenvalue weighted by Gasteiger charge is -2.02. The van der Waals surface area contributed by atoms with Gasteiger partial charge in [-0.25, -0.2) is 0 Å². The molecule has 2 heterocycles. The van der Waals surface area contributed by atoms with Crippen molar-refractivity contribution < 1.29 is 8.83 Å². The summed E-state index contributed by atoms with van der Waals surface area (Å²) in [7, 11) is 0. The molecule has 4 aromatic carbocycles. The van der Waals surface area contributed by atoms with E-state index in [1.165, 1.54) is 110 Å². The fraction of sp³-hybridized carbons (Fsp3) is 0.421. The van der Waals surface area contributed by atoms with Crippen molar-refractivity contribution in [2.24, 2.45) is 0 Å². The van der Waals surface area contributed by atoms with Crippen molar-refractivity contribution in [2.45, 2.75) is 104 Å². The van der Waals surface area contributed by atoms with Crippen molar-refractivity contribution in [3.8, 4) is 0 Å². The fourth-order valence-corrected chi connectivity index (χ4v) is 6.49. The van der Waals surface area contributed by atoms with Crippen LogP contribution in [0.5, 0.6) is 0 Å².